The third-order valence-electron chi connectivity index (χ3n) is 2.37. The molecule has 0 saturated heterocycles. The van der Waals surface area contributed by atoms with Crippen molar-refractivity contribution in [2.45, 2.75) is 6.92 Å². The number of hydrogen-bond acceptors (Lipinski definition) is 5. The van der Waals surface area contributed by atoms with E-state index in [0.717, 1.165) is 0 Å². The monoisotopic (exact) mass is 275 g/mol. The van der Waals surface area contributed by atoms with Crippen molar-refractivity contribution in [2.24, 2.45) is 0 Å². The van der Waals surface area contributed by atoms with Crippen LogP contribution in [0.3, 0.4) is 0 Å². The lowest BCUT2D eigenvalue weighted by Gasteiger charge is -2.10. The molecule has 0 radical (unpaired) electrons. The van der Waals surface area contributed by atoms with Gasteiger partial charge in [-0.15, -0.1) is 0 Å². The van der Waals surface area contributed by atoms with E-state index >= 15 is 0 Å². The third-order valence-corrected chi connectivity index (χ3v) is 2.37. The highest BCUT2D eigenvalue weighted by molar-refractivity contribution is 6.48. The van der Waals surface area contributed by atoms with Crippen molar-refractivity contribution in [2.75, 3.05) is 20.7 Å². The number of rotatable bonds is 6. The Morgan fingerprint density at radius 2 is 1.75 bits per heavy atom. The number of Topliss-reactive ketones (excluding diaryl/α,β-unsaturated/α-hetero) is 2. The number of ketones is 2. The minimum absolute atomic E-state index is 0.0827. The molecule has 0 aromatic heterocycles. The van der Waals surface area contributed by atoms with Gasteiger partial charge < -0.3 is 9.64 Å². The van der Waals surface area contributed by atoms with Crippen LogP contribution in [0.25, 0.3) is 0 Å². The molecule has 0 bridgehead atoms. The van der Waals surface area contributed by atoms with E-state index < -0.39 is 17.5 Å². The number of ether oxygens (including phenoxy) is 1. The highest BCUT2D eigenvalue weighted by Gasteiger charge is 2.27. The number of nitrogens with zero attached hydrogens (tertiary/aromatic N) is 1. The Kier molecular flexibility index (Phi) is 5.65. The van der Waals surface area contributed by atoms with E-state index in [9.17, 15) is 14.4 Å². The lowest BCUT2D eigenvalue weighted by atomic mass is 10.0. The number of carbonyl (C=O) groups excluding carboxylic acids is 3. The van der Waals surface area contributed by atoms with Gasteiger partial charge in [0.2, 0.25) is 0 Å². The molecular formula is C15H17NO4. The molecule has 1 rings (SSSR count). The molecule has 0 fully saturated rings. The summed E-state index contributed by atoms with van der Waals surface area (Å²) in [6, 6.07) is 8.32. The third kappa shape index (κ3) is 4.05. The van der Waals surface area contributed by atoms with Gasteiger partial charge in [0.15, 0.2) is 5.78 Å². The molecule has 5 nitrogen and oxygen atoms in total. The maximum Gasteiger partial charge on any atom is 0.379 e. The highest BCUT2D eigenvalue weighted by Crippen LogP contribution is 2.11. The summed E-state index contributed by atoms with van der Waals surface area (Å²) in [5.41, 5.74) is 0.137. The Morgan fingerprint density at radius 1 is 1.15 bits per heavy atom. The van der Waals surface area contributed by atoms with E-state index in [4.69, 9.17) is 0 Å². The molecule has 1 aromatic rings. The fourth-order valence-corrected chi connectivity index (χ4v) is 1.53. The fraction of sp³-hybridized carbons (Fsp3) is 0.267. The molecule has 0 unspecified atom stereocenters. The van der Waals surface area contributed by atoms with E-state index in [0.29, 0.717) is 5.56 Å². The summed E-state index contributed by atoms with van der Waals surface area (Å²) in [4.78, 5) is 37.4. The number of carbonyl (C=O) groups is 3. The summed E-state index contributed by atoms with van der Waals surface area (Å²) in [6.07, 6.45) is 1.33. The van der Waals surface area contributed by atoms with E-state index in [2.05, 4.69) is 4.74 Å². The van der Waals surface area contributed by atoms with Crippen LogP contribution in [0.15, 0.2) is 42.1 Å². The maximum atomic E-state index is 12.3. The Morgan fingerprint density at radius 3 is 2.25 bits per heavy atom. The van der Waals surface area contributed by atoms with Crippen LogP contribution < -0.4 is 0 Å². The van der Waals surface area contributed by atoms with Gasteiger partial charge in [-0.2, -0.15) is 0 Å². The summed E-state index contributed by atoms with van der Waals surface area (Å²) in [6.45, 7) is 1.68. The van der Waals surface area contributed by atoms with Gasteiger partial charge in [0.1, 0.15) is 0 Å². The van der Waals surface area contributed by atoms with Crippen LogP contribution in [0.1, 0.15) is 17.3 Å². The Labute approximate surface area is 117 Å². The number of hydrogen-bond donors (Lipinski definition) is 0. The van der Waals surface area contributed by atoms with Crippen molar-refractivity contribution < 1.29 is 19.1 Å². The van der Waals surface area contributed by atoms with Crippen molar-refractivity contribution in [3.8, 4) is 0 Å². The lowest BCUT2D eigenvalue weighted by molar-refractivity contribution is -0.151. The first-order chi connectivity index (χ1) is 9.47. The zero-order chi connectivity index (χ0) is 15.1. The van der Waals surface area contributed by atoms with Crippen molar-refractivity contribution in [3.63, 3.8) is 0 Å². The minimum Gasteiger partial charge on any atom is -0.460 e. The van der Waals surface area contributed by atoms with Gasteiger partial charge in [0.05, 0.1) is 12.2 Å². The molecule has 0 saturated carbocycles. The topological polar surface area (TPSA) is 63.7 Å². The normalized spacial score (nSPS) is 10.8. The van der Waals surface area contributed by atoms with E-state index in [1.807, 2.05) is 0 Å². The summed E-state index contributed by atoms with van der Waals surface area (Å²) in [5, 5.41) is 0. The molecule has 0 aliphatic carbocycles. The number of benzene rings is 1. The SMILES string of the molecule is CCOC(=O)C(=O)/C(=C/N(C)C)C(=O)c1ccccc1. The number of esters is 1. The van der Waals surface area contributed by atoms with Crippen molar-refractivity contribution in [1.82, 2.24) is 4.90 Å². The van der Waals surface area contributed by atoms with Gasteiger partial charge in [-0.3, -0.25) is 9.59 Å². The summed E-state index contributed by atoms with van der Waals surface area (Å²) in [7, 11) is 3.33. The van der Waals surface area contributed by atoms with Crippen LogP contribution in [0.5, 0.6) is 0 Å². The molecule has 0 amide bonds. The van der Waals surface area contributed by atoms with Crippen LogP contribution in [-0.2, 0) is 14.3 Å². The second kappa shape index (κ2) is 7.23. The molecule has 20 heavy (non-hydrogen) atoms. The van der Waals surface area contributed by atoms with Crippen molar-refractivity contribution in [3.05, 3.63) is 47.7 Å². The predicted octanol–water partition coefficient (Wildman–Crippen LogP) is 1.45. The molecule has 0 N–H and O–H groups in total. The minimum atomic E-state index is -1.02. The van der Waals surface area contributed by atoms with E-state index in [1.165, 1.54) is 11.1 Å². The quantitative estimate of drug-likeness (QED) is 0.196. The molecule has 0 spiro atoms. The zero-order valence-corrected chi connectivity index (χ0v) is 11.8. The Bertz CT molecular complexity index is 532. The van der Waals surface area contributed by atoms with Crippen molar-refractivity contribution in [1.29, 1.82) is 0 Å². The van der Waals surface area contributed by atoms with Crippen LogP contribution in [-0.4, -0.2) is 43.1 Å². The summed E-state index contributed by atoms with van der Waals surface area (Å²) >= 11 is 0. The smallest absolute Gasteiger partial charge is 0.379 e. The Hall–Kier alpha value is -2.43. The lowest BCUT2D eigenvalue weighted by Crippen LogP contribution is -2.25. The van der Waals surface area contributed by atoms with Crippen LogP contribution in [0.4, 0.5) is 0 Å². The summed E-state index contributed by atoms with van der Waals surface area (Å²) < 4.78 is 4.65. The second-order valence-corrected chi connectivity index (χ2v) is 4.25. The van der Waals surface area contributed by atoms with Crippen LogP contribution >= 0.6 is 0 Å². The van der Waals surface area contributed by atoms with Crippen molar-refractivity contribution >= 4 is 17.5 Å². The average Bonchev–Trinajstić information content (AvgIpc) is 2.44. The van der Waals surface area contributed by atoms with Gasteiger partial charge in [-0.05, 0) is 6.92 Å². The van der Waals surface area contributed by atoms with Crippen LogP contribution in [0.2, 0.25) is 0 Å². The van der Waals surface area contributed by atoms with E-state index in [-0.39, 0.29) is 12.2 Å². The highest BCUT2D eigenvalue weighted by atomic mass is 16.5. The first-order valence-electron chi connectivity index (χ1n) is 6.16. The summed E-state index contributed by atoms with van der Waals surface area (Å²) in [5.74, 6) is -2.46. The zero-order valence-electron chi connectivity index (χ0n) is 11.8. The average molecular weight is 275 g/mol. The molecule has 0 aliphatic rings. The van der Waals surface area contributed by atoms with E-state index in [1.54, 1.807) is 51.4 Å². The molecule has 0 atom stereocenters. The fourth-order valence-electron chi connectivity index (χ4n) is 1.53. The first-order valence-corrected chi connectivity index (χ1v) is 6.16. The molecule has 0 heterocycles. The van der Waals surface area contributed by atoms with Gasteiger partial charge in [0, 0.05) is 25.9 Å². The van der Waals surface area contributed by atoms with Gasteiger partial charge in [0.25, 0.3) is 5.78 Å². The van der Waals surface area contributed by atoms with Gasteiger partial charge in [-0.1, -0.05) is 30.3 Å². The molecule has 5 heteroatoms. The second-order valence-electron chi connectivity index (χ2n) is 4.25. The predicted molar refractivity (Wildman–Crippen MR) is 74.2 cm³/mol. The first kappa shape index (κ1) is 15.6. The standard InChI is InChI=1S/C15H17NO4/c1-4-20-15(19)14(18)12(10-16(2)3)13(17)11-8-6-5-7-9-11/h5-10H,4H2,1-3H3/b12-10+. The largest absolute Gasteiger partial charge is 0.460 e. The Balaban J connectivity index is 3.11. The maximum absolute atomic E-state index is 12.3. The van der Waals surface area contributed by atoms with Crippen LogP contribution in [0, 0.1) is 0 Å². The molecular weight excluding hydrogens is 258 g/mol. The van der Waals surface area contributed by atoms with Gasteiger partial charge >= 0.3 is 5.97 Å². The molecule has 106 valence electrons. The van der Waals surface area contributed by atoms with Gasteiger partial charge in [-0.25, -0.2) is 4.79 Å². The molecule has 1 aromatic carbocycles. The molecule has 0 aliphatic heterocycles.